The molecule has 1 aliphatic carbocycles. The predicted molar refractivity (Wildman–Crippen MR) is 91.5 cm³/mol. The Morgan fingerprint density at radius 1 is 1.16 bits per heavy atom. The number of rotatable bonds is 7. The number of hydrogen-bond donors (Lipinski definition) is 2. The van der Waals surface area contributed by atoms with Crippen LogP contribution in [0.5, 0.6) is 0 Å². The molecule has 0 heterocycles. The van der Waals surface area contributed by atoms with Crippen LogP contribution in [0.2, 0.25) is 0 Å². The van der Waals surface area contributed by atoms with E-state index in [1.807, 2.05) is 12.1 Å². The third-order valence-corrected chi connectivity index (χ3v) is 4.27. The number of ketones is 1. The minimum Gasteiger partial charge on any atom is -0.370 e. The molecule has 0 aromatic heterocycles. The molecule has 2 amide bonds. The number of carbonyl (C=O) groups excluding carboxylic acids is 4. The maximum absolute atomic E-state index is 13.1. The Bertz CT molecular complexity index is 871. The Morgan fingerprint density at radius 3 is 2.52 bits per heavy atom. The summed E-state index contributed by atoms with van der Waals surface area (Å²) in [6.07, 6.45) is 2.98. The Labute approximate surface area is 144 Å². The van der Waals surface area contributed by atoms with Crippen molar-refractivity contribution in [1.29, 1.82) is 0 Å². The van der Waals surface area contributed by atoms with Gasteiger partial charge in [-0.1, -0.05) is 30.3 Å². The molecule has 3 rings (SSSR count). The summed E-state index contributed by atoms with van der Waals surface area (Å²) in [5, 5.41) is 3.95. The van der Waals surface area contributed by atoms with Crippen molar-refractivity contribution in [3.8, 4) is 0 Å². The topological polar surface area (TPSA) is 106 Å². The van der Waals surface area contributed by atoms with E-state index >= 15 is 0 Å². The molecule has 1 saturated carbocycles. The number of nitrogens with two attached hydrogens (primary N) is 1. The van der Waals surface area contributed by atoms with E-state index in [2.05, 4.69) is 5.32 Å². The van der Waals surface area contributed by atoms with E-state index in [-0.39, 0.29) is 29.4 Å². The summed E-state index contributed by atoms with van der Waals surface area (Å²) in [6, 6.07) is 9.23. The van der Waals surface area contributed by atoms with Crippen LogP contribution in [0.4, 0.5) is 0 Å². The number of benzene rings is 2. The minimum atomic E-state index is -1.09. The van der Waals surface area contributed by atoms with Crippen LogP contribution in [0.15, 0.2) is 36.4 Å². The molecule has 2 aromatic carbocycles. The van der Waals surface area contributed by atoms with Gasteiger partial charge in [0.2, 0.25) is 18.1 Å². The van der Waals surface area contributed by atoms with Gasteiger partial charge in [0.1, 0.15) is 6.04 Å². The summed E-state index contributed by atoms with van der Waals surface area (Å²) in [6.45, 7) is 0. The summed E-state index contributed by atoms with van der Waals surface area (Å²) in [5.41, 5.74) is 5.48. The summed E-state index contributed by atoms with van der Waals surface area (Å²) in [4.78, 5) is 47.8. The molecule has 0 spiro atoms. The van der Waals surface area contributed by atoms with Gasteiger partial charge in [0, 0.05) is 17.0 Å². The van der Waals surface area contributed by atoms with Gasteiger partial charge in [-0.05, 0) is 29.7 Å². The number of amides is 2. The maximum atomic E-state index is 13.1. The summed E-state index contributed by atoms with van der Waals surface area (Å²) < 4.78 is 0. The molecule has 25 heavy (non-hydrogen) atoms. The number of carbonyl (C=O) groups is 3. The summed E-state index contributed by atoms with van der Waals surface area (Å²) in [7, 11) is 0. The molecule has 1 aliphatic rings. The molecule has 3 N–H and O–H groups in total. The van der Waals surface area contributed by atoms with Crippen molar-refractivity contribution in [1.82, 2.24) is 5.32 Å². The van der Waals surface area contributed by atoms with Gasteiger partial charge in [0.05, 0.1) is 6.42 Å². The van der Waals surface area contributed by atoms with E-state index < -0.39 is 17.7 Å². The zero-order valence-corrected chi connectivity index (χ0v) is 13.5. The van der Waals surface area contributed by atoms with Crippen LogP contribution in [0.25, 0.3) is 10.8 Å². The summed E-state index contributed by atoms with van der Waals surface area (Å²) in [5.74, 6) is -1.60. The molecule has 6 nitrogen and oxygen atoms in total. The van der Waals surface area contributed by atoms with Crippen LogP contribution in [0.1, 0.15) is 35.2 Å². The van der Waals surface area contributed by atoms with E-state index in [0.717, 1.165) is 18.2 Å². The number of hydrogen-bond acceptors (Lipinski definition) is 4. The average Bonchev–Trinajstić information content (AvgIpc) is 3.44. The van der Waals surface area contributed by atoms with E-state index in [0.29, 0.717) is 5.39 Å². The lowest BCUT2D eigenvalue weighted by molar-refractivity contribution is -0.123. The quantitative estimate of drug-likeness (QED) is 0.742. The smallest absolute Gasteiger partial charge is 0.234 e. The van der Waals surface area contributed by atoms with Crippen molar-refractivity contribution in [3.63, 3.8) is 0 Å². The standard InChI is InChI=1S/C19H17N2O4/c20-16(23)9-15(21-19(25)12-6-7-12)18(24)17-13(10-22)8-5-11-3-1-2-4-14(11)17/h1-5,8,12,15H,6-7,9H2,(H2,20,23)(H,21,25)/t15-/m0/s1. The second-order valence-corrected chi connectivity index (χ2v) is 6.18. The second kappa shape index (κ2) is 6.84. The molecule has 2 aromatic rings. The SMILES string of the molecule is NC(=O)C[C@H](NC(=O)C1CC1)C(=O)c1c([C]=O)ccc2ccccc12. The molecule has 1 fully saturated rings. The minimum absolute atomic E-state index is 0.0961. The van der Waals surface area contributed by atoms with Gasteiger partial charge in [0.25, 0.3) is 0 Å². The van der Waals surface area contributed by atoms with Gasteiger partial charge in [-0.15, -0.1) is 0 Å². The zero-order valence-electron chi connectivity index (χ0n) is 13.5. The molecular formula is C19H17N2O4. The van der Waals surface area contributed by atoms with Crippen LogP contribution in [0, 0.1) is 5.92 Å². The van der Waals surface area contributed by atoms with Gasteiger partial charge in [-0.25, -0.2) is 0 Å². The van der Waals surface area contributed by atoms with E-state index in [1.165, 1.54) is 6.07 Å². The first kappa shape index (κ1) is 16.8. The molecule has 1 radical (unpaired) electrons. The van der Waals surface area contributed by atoms with Gasteiger partial charge < -0.3 is 11.1 Å². The highest BCUT2D eigenvalue weighted by Gasteiger charge is 2.34. The van der Waals surface area contributed by atoms with Crippen molar-refractivity contribution in [2.45, 2.75) is 25.3 Å². The van der Waals surface area contributed by atoms with E-state index in [1.54, 1.807) is 24.5 Å². The Hall–Kier alpha value is -3.02. The van der Waals surface area contributed by atoms with Crippen molar-refractivity contribution < 1.29 is 19.2 Å². The molecule has 0 saturated heterocycles. The number of fused-ring (bicyclic) bond motifs is 1. The lowest BCUT2D eigenvalue weighted by Gasteiger charge is -2.18. The summed E-state index contributed by atoms with van der Waals surface area (Å²) >= 11 is 0. The number of Topliss-reactive ketones (excluding diaryl/α,β-unsaturated/α-hetero) is 1. The van der Waals surface area contributed by atoms with E-state index in [9.17, 15) is 19.2 Å². The van der Waals surface area contributed by atoms with Crippen LogP contribution < -0.4 is 11.1 Å². The first-order valence-corrected chi connectivity index (χ1v) is 8.04. The van der Waals surface area contributed by atoms with Gasteiger partial charge in [-0.2, -0.15) is 0 Å². The van der Waals surface area contributed by atoms with Crippen molar-refractivity contribution in [3.05, 3.63) is 47.5 Å². The molecule has 0 aliphatic heterocycles. The second-order valence-electron chi connectivity index (χ2n) is 6.18. The molecule has 1 atom stereocenters. The fourth-order valence-electron chi connectivity index (χ4n) is 2.84. The van der Waals surface area contributed by atoms with Crippen LogP contribution >= 0.6 is 0 Å². The fourth-order valence-corrected chi connectivity index (χ4v) is 2.84. The van der Waals surface area contributed by atoms with E-state index in [4.69, 9.17) is 5.73 Å². The third-order valence-electron chi connectivity index (χ3n) is 4.27. The predicted octanol–water partition coefficient (Wildman–Crippen LogP) is 1.25. The number of nitrogens with one attached hydrogen (secondary N) is 1. The highest BCUT2D eigenvalue weighted by molar-refractivity contribution is 6.16. The molecular weight excluding hydrogens is 320 g/mol. The van der Waals surface area contributed by atoms with Crippen molar-refractivity contribution >= 4 is 34.7 Å². The Balaban J connectivity index is 2.03. The van der Waals surface area contributed by atoms with Crippen LogP contribution in [0.3, 0.4) is 0 Å². The Morgan fingerprint density at radius 2 is 1.88 bits per heavy atom. The van der Waals surface area contributed by atoms with Crippen LogP contribution in [-0.4, -0.2) is 29.9 Å². The lowest BCUT2D eigenvalue weighted by atomic mass is 9.92. The maximum Gasteiger partial charge on any atom is 0.234 e. The largest absolute Gasteiger partial charge is 0.370 e. The first-order chi connectivity index (χ1) is 12.0. The van der Waals surface area contributed by atoms with Gasteiger partial charge in [0.15, 0.2) is 5.78 Å². The highest BCUT2D eigenvalue weighted by Crippen LogP contribution is 2.29. The van der Waals surface area contributed by atoms with Gasteiger partial charge in [-0.3, -0.25) is 19.2 Å². The Kier molecular flexibility index (Phi) is 4.61. The van der Waals surface area contributed by atoms with Gasteiger partial charge >= 0.3 is 0 Å². The van der Waals surface area contributed by atoms with Crippen molar-refractivity contribution in [2.75, 3.05) is 0 Å². The van der Waals surface area contributed by atoms with Crippen LogP contribution in [-0.2, 0) is 14.4 Å². The van der Waals surface area contributed by atoms with Crippen molar-refractivity contribution in [2.24, 2.45) is 11.7 Å². The molecule has 0 bridgehead atoms. The molecule has 127 valence electrons. The third kappa shape index (κ3) is 3.57. The normalized spacial score (nSPS) is 14.7. The zero-order chi connectivity index (χ0) is 18.0. The monoisotopic (exact) mass is 337 g/mol. The first-order valence-electron chi connectivity index (χ1n) is 8.04. The number of primary amides is 1. The molecule has 0 unspecified atom stereocenters. The fraction of sp³-hybridized carbons (Fsp3) is 0.263. The molecule has 6 heteroatoms. The lowest BCUT2D eigenvalue weighted by Crippen LogP contribution is -2.44. The average molecular weight is 337 g/mol. The highest BCUT2D eigenvalue weighted by atomic mass is 16.2.